The Balaban J connectivity index is 2.43. The SMILES string of the molecule is Cc1ncc(-c2ccc[nH]2)cn1. The van der Waals surface area contributed by atoms with Crippen molar-refractivity contribution in [2.45, 2.75) is 6.92 Å². The van der Waals surface area contributed by atoms with Gasteiger partial charge in [-0.15, -0.1) is 0 Å². The monoisotopic (exact) mass is 159 g/mol. The average Bonchev–Trinajstić information content (AvgIpc) is 2.58. The first-order valence-electron chi connectivity index (χ1n) is 3.78. The van der Waals surface area contributed by atoms with Crippen LogP contribution in [-0.4, -0.2) is 15.0 Å². The first-order chi connectivity index (χ1) is 5.86. The lowest BCUT2D eigenvalue weighted by atomic mass is 10.2. The van der Waals surface area contributed by atoms with E-state index in [9.17, 15) is 0 Å². The molecule has 0 amide bonds. The molecule has 12 heavy (non-hydrogen) atoms. The van der Waals surface area contributed by atoms with Crippen molar-refractivity contribution in [3.8, 4) is 11.3 Å². The molecule has 3 nitrogen and oxygen atoms in total. The van der Waals surface area contributed by atoms with Crippen molar-refractivity contribution < 1.29 is 0 Å². The van der Waals surface area contributed by atoms with Gasteiger partial charge in [-0.3, -0.25) is 0 Å². The van der Waals surface area contributed by atoms with Gasteiger partial charge in [0.2, 0.25) is 0 Å². The summed E-state index contributed by atoms with van der Waals surface area (Å²) in [6, 6.07) is 3.95. The van der Waals surface area contributed by atoms with Gasteiger partial charge < -0.3 is 4.98 Å². The zero-order valence-corrected chi connectivity index (χ0v) is 6.78. The van der Waals surface area contributed by atoms with Gasteiger partial charge in [-0.1, -0.05) is 0 Å². The Kier molecular flexibility index (Phi) is 1.63. The highest BCUT2D eigenvalue weighted by atomic mass is 14.9. The third-order valence-electron chi connectivity index (χ3n) is 1.69. The second-order valence-electron chi connectivity index (χ2n) is 2.60. The van der Waals surface area contributed by atoms with Crippen molar-refractivity contribution in [1.82, 2.24) is 15.0 Å². The number of nitrogens with one attached hydrogen (secondary N) is 1. The molecule has 0 spiro atoms. The van der Waals surface area contributed by atoms with Crippen LogP contribution in [0.15, 0.2) is 30.7 Å². The molecule has 0 aromatic carbocycles. The smallest absolute Gasteiger partial charge is 0.125 e. The average molecular weight is 159 g/mol. The highest BCUT2D eigenvalue weighted by Gasteiger charge is 1.97. The Hall–Kier alpha value is -1.64. The van der Waals surface area contributed by atoms with Crippen LogP contribution in [0, 0.1) is 6.92 Å². The summed E-state index contributed by atoms with van der Waals surface area (Å²) in [5.74, 6) is 0.797. The minimum absolute atomic E-state index is 0.797. The van der Waals surface area contributed by atoms with Crippen molar-refractivity contribution in [2.75, 3.05) is 0 Å². The zero-order chi connectivity index (χ0) is 8.39. The summed E-state index contributed by atoms with van der Waals surface area (Å²) >= 11 is 0. The van der Waals surface area contributed by atoms with Crippen molar-refractivity contribution in [3.63, 3.8) is 0 Å². The van der Waals surface area contributed by atoms with Crippen LogP contribution in [0.1, 0.15) is 5.82 Å². The summed E-state index contributed by atoms with van der Waals surface area (Å²) in [7, 11) is 0. The molecule has 0 aliphatic rings. The maximum Gasteiger partial charge on any atom is 0.125 e. The van der Waals surface area contributed by atoms with E-state index in [2.05, 4.69) is 15.0 Å². The van der Waals surface area contributed by atoms with Crippen LogP contribution in [0.25, 0.3) is 11.3 Å². The molecule has 0 atom stereocenters. The Morgan fingerprint density at radius 2 is 2.00 bits per heavy atom. The van der Waals surface area contributed by atoms with E-state index in [0.717, 1.165) is 17.1 Å². The molecule has 2 heterocycles. The molecule has 3 heteroatoms. The van der Waals surface area contributed by atoms with Gasteiger partial charge in [-0.25, -0.2) is 9.97 Å². The third-order valence-corrected chi connectivity index (χ3v) is 1.69. The van der Waals surface area contributed by atoms with Crippen LogP contribution in [-0.2, 0) is 0 Å². The number of aromatic amines is 1. The predicted octanol–water partition coefficient (Wildman–Crippen LogP) is 1.78. The van der Waals surface area contributed by atoms with Gasteiger partial charge >= 0.3 is 0 Å². The predicted molar refractivity (Wildman–Crippen MR) is 46.6 cm³/mol. The summed E-state index contributed by atoms with van der Waals surface area (Å²) in [6.45, 7) is 1.87. The van der Waals surface area contributed by atoms with Crippen molar-refractivity contribution in [2.24, 2.45) is 0 Å². The highest BCUT2D eigenvalue weighted by molar-refractivity contribution is 5.56. The van der Waals surface area contributed by atoms with Gasteiger partial charge in [0, 0.05) is 29.8 Å². The lowest BCUT2D eigenvalue weighted by molar-refractivity contribution is 1.05. The molecule has 0 saturated carbocycles. The fraction of sp³-hybridized carbons (Fsp3) is 0.111. The molecule has 0 unspecified atom stereocenters. The van der Waals surface area contributed by atoms with Crippen molar-refractivity contribution in [1.29, 1.82) is 0 Å². The topological polar surface area (TPSA) is 41.6 Å². The summed E-state index contributed by atoms with van der Waals surface area (Å²) in [5, 5.41) is 0. The molecule has 0 aliphatic heterocycles. The molecule has 0 saturated heterocycles. The van der Waals surface area contributed by atoms with Crippen LogP contribution in [0.4, 0.5) is 0 Å². The fourth-order valence-corrected chi connectivity index (χ4v) is 1.04. The number of hydrogen-bond donors (Lipinski definition) is 1. The summed E-state index contributed by atoms with van der Waals surface area (Å²) in [6.07, 6.45) is 5.51. The van der Waals surface area contributed by atoms with E-state index in [-0.39, 0.29) is 0 Å². The number of aryl methyl sites for hydroxylation is 1. The lowest BCUT2D eigenvalue weighted by Crippen LogP contribution is -1.87. The third kappa shape index (κ3) is 1.21. The van der Waals surface area contributed by atoms with Gasteiger partial charge in [0.05, 0.1) is 0 Å². The van der Waals surface area contributed by atoms with E-state index in [1.807, 2.05) is 37.6 Å². The van der Waals surface area contributed by atoms with E-state index >= 15 is 0 Å². The molecule has 60 valence electrons. The maximum atomic E-state index is 4.10. The number of nitrogens with zero attached hydrogens (tertiary/aromatic N) is 2. The second-order valence-corrected chi connectivity index (χ2v) is 2.60. The standard InChI is InChI=1S/C9H9N3/c1-7-11-5-8(6-12-7)9-3-2-4-10-9/h2-6,10H,1H3. The molecule has 0 aliphatic carbocycles. The number of hydrogen-bond acceptors (Lipinski definition) is 2. The molecule has 1 N–H and O–H groups in total. The molecule has 0 bridgehead atoms. The largest absolute Gasteiger partial charge is 0.361 e. The molecule has 0 radical (unpaired) electrons. The minimum Gasteiger partial charge on any atom is -0.361 e. The van der Waals surface area contributed by atoms with Gasteiger partial charge in [-0.2, -0.15) is 0 Å². The molecule has 0 fully saturated rings. The van der Waals surface area contributed by atoms with E-state index in [1.165, 1.54) is 0 Å². The minimum atomic E-state index is 0.797. The van der Waals surface area contributed by atoms with Crippen LogP contribution >= 0.6 is 0 Å². The van der Waals surface area contributed by atoms with Crippen LogP contribution < -0.4 is 0 Å². The Bertz CT molecular complexity index is 348. The van der Waals surface area contributed by atoms with E-state index in [4.69, 9.17) is 0 Å². The zero-order valence-electron chi connectivity index (χ0n) is 6.78. The van der Waals surface area contributed by atoms with Gasteiger partial charge in [0.25, 0.3) is 0 Å². The van der Waals surface area contributed by atoms with Crippen LogP contribution in [0.3, 0.4) is 0 Å². The molecule has 2 rings (SSSR count). The fourth-order valence-electron chi connectivity index (χ4n) is 1.04. The van der Waals surface area contributed by atoms with Crippen molar-refractivity contribution in [3.05, 3.63) is 36.5 Å². The van der Waals surface area contributed by atoms with E-state index in [0.29, 0.717) is 0 Å². The molecule has 2 aromatic heterocycles. The van der Waals surface area contributed by atoms with Crippen LogP contribution in [0.2, 0.25) is 0 Å². The molecular weight excluding hydrogens is 150 g/mol. The number of rotatable bonds is 1. The molecular formula is C9H9N3. The Morgan fingerprint density at radius 1 is 1.25 bits per heavy atom. The summed E-state index contributed by atoms with van der Waals surface area (Å²) < 4.78 is 0. The van der Waals surface area contributed by atoms with Crippen LogP contribution in [0.5, 0.6) is 0 Å². The summed E-state index contributed by atoms with van der Waals surface area (Å²) in [5.41, 5.74) is 2.07. The van der Waals surface area contributed by atoms with E-state index < -0.39 is 0 Å². The maximum absolute atomic E-state index is 4.10. The Labute approximate surface area is 70.5 Å². The van der Waals surface area contributed by atoms with Gasteiger partial charge in [-0.05, 0) is 19.1 Å². The second kappa shape index (κ2) is 2.77. The normalized spacial score (nSPS) is 10.1. The molecule has 2 aromatic rings. The first-order valence-corrected chi connectivity index (χ1v) is 3.78. The quantitative estimate of drug-likeness (QED) is 0.689. The Morgan fingerprint density at radius 3 is 2.58 bits per heavy atom. The van der Waals surface area contributed by atoms with Gasteiger partial charge in [0.15, 0.2) is 0 Å². The van der Waals surface area contributed by atoms with Crippen molar-refractivity contribution >= 4 is 0 Å². The number of aromatic nitrogens is 3. The first kappa shape index (κ1) is 7.03. The lowest BCUT2D eigenvalue weighted by Gasteiger charge is -1.95. The number of H-pyrrole nitrogens is 1. The summed E-state index contributed by atoms with van der Waals surface area (Å²) in [4.78, 5) is 11.3. The van der Waals surface area contributed by atoms with E-state index in [1.54, 1.807) is 0 Å². The highest BCUT2D eigenvalue weighted by Crippen LogP contribution is 2.13. The van der Waals surface area contributed by atoms with Gasteiger partial charge in [0.1, 0.15) is 5.82 Å².